The molecule has 0 aliphatic carbocycles. The van der Waals surface area contributed by atoms with Gasteiger partial charge in [-0.05, 0) is 18.8 Å². The summed E-state index contributed by atoms with van der Waals surface area (Å²) in [5, 5.41) is 2.96. The topological polar surface area (TPSA) is 84.6 Å². The standard InChI is InChI=1S/C16H19N7O/c1-12-3-2-5-21(9-12)14-7-15(19-10-18-14)23-16(24)13(8-20-23)22-6-4-17-11-22/h4,6-8,10-12,20H,2-3,5,9H2,1H3. The van der Waals surface area contributed by atoms with Crippen LogP contribution in [0.1, 0.15) is 19.8 Å². The van der Waals surface area contributed by atoms with E-state index in [4.69, 9.17) is 0 Å². The van der Waals surface area contributed by atoms with E-state index < -0.39 is 0 Å². The molecule has 0 radical (unpaired) electrons. The molecule has 1 atom stereocenters. The number of aromatic nitrogens is 6. The molecule has 0 bridgehead atoms. The predicted octanol–water partition coefficient (Wildman–Crippen LogP) is 1.38. The first kappa shape index (κ1) is 14.7. The number of nitrogens with one attached hydrogen (secondary N) is 1. The third-order valence-electron chi connectivity index (χ3n) is 4.38. The lowest BCUT2D eigenvalue weighted by atomic mass is 10.0. The Balaban J connectivity index is 1.68. The lowest BCUT2D eigenvalue weighted by Gasteiger charge is -2.31. The second-order valence-corrected chi connectivity index (χ2v) is 6.20. The number of imidazole rings is 1. The Morgan fingerprint density at radius 3 is 2.96 bits per heavy atom. The largest absolute Gasteiger partial charge is 0.356 e. The number of piperidine rings is 1. The Hall–Kier alpha value is -2.90. The van der Waals surface area contributed by atoms with Crippen LogP contribution < -0.4 is 10.5 Å². The molecule has 1 N–H and O–H groups in total. The lowest BCUT2D eigenvalue weighted by molar-refractivity contribution is 0.444. The molecule has 1 aliphatic rings. The molecule has 0 amide bonds. The highest BCUT2D eigenvalue weighted by Crippen LogP contribution is 2.21. The summed E-state index contributed by atoms with van der Waals surface area (Å²) in [5.41, 5.74) is 0.323. The fourth-order valence-corrected chi connectivity index (χ4v) is 3.15. The number of anilines is 1. The Labute approximate surface area is 138 Å². The Morgan fingerprint density at radius 1 is 1.29 bits per heavy atom. The first-order valence-electron chi connectivity index (χ1n) is 8.08. The van der Waals surface area contributed by atoms with E-state index in [0.29, 0.717) is 17.4 Å². The van der Waals surface area contributed by atoms with Gasteiger partial charge in [-0.25, -0.2) is 15.0 Å². The van der Waals surface area contributed by atoms with Crippen LogP contribution in [0.3, 0.4) is 0 Å². The third-order valence-corrected chi connectivity index (χ3v) is 4.38. The fourth-order valence-electron chi connectivity index (χ4n) is 3.15. The molecule has 3 aromatic rings. The van der Waals surface area contributed by atoms with Crippen molar-refractivity contribution in [3.63, 3.8) is 0 Å². The highest BCUT2D eigenvalue weighted by atomic mass is 16.1. The molecule has 1 saturated heterocycles. The summed E-state index contributed by atoms with van der Waals surface area (Å²) in [6, 6.07) is 1.85. The molecule has 4 rings (SSSR count). The number of hydrogen-bond acceptors (Lipinski definition) is 5. The molecular formula is C16H19N7O. The van der Waals surface area contributed by atoms with Crippen LogP contribution in [0.15, 0.2) is 42.1 Å². The molecular weight excluding hydrogens is 306 g/mol. The number of H-pyrrole nitrogens is 1. The Morgan fingerprint density at radius 2 is 2.17 bits per heavy atom. The maximum atomic E-state index is 12.6. The second-order valence-electron chi connectivity index (χ2n) is 6.20. The van der Waals surface area contributed by atoms with Gasteiger partial charge in [0.15, 0.2) is 5.82 Å². The van der Waals surface area contributed by atoms with Gasteiger partial charge in [0.25, 0.3) is 5.56 Å². The van der Waals surface area contributed by atoms with Gasteiger partial charge in [-0.15, -0.1) is 0 Å². The van der Waals surface area contributed by atoms with Crippen LogP contribution >= 0.6 is 0 Å². The van der Waals surface area contributed by atoms with Crippen LogP contribution in [0.5, 0.6) is 0 Å². The van der Waals surface area contributed by atoms with Gasteiger partial charge in [0.05, 0.1) is 6.33 Å². The SMILES string of the molecule is CC1CCCN(c2cc(-n3[nH]cc(-n4ccnc4)c3=O)ncn2)C1. The summed E-state index contributed by atoms with van der Waals surface area (Å²) >= 11 is 0. The summed E-state index contributed by atoms with van der Waals surface area (Å²) in [6.07, 6.45) is 10.5. The van der Waals surface area contributed by atoms with Crippen molar-refractivity contribution in [2.24, 2.45) is 5.92 Å². The van der Waals surface area contributed by atoms with E-state index in [-0.39, 0.29) is 5.56 Å². The molecule has 8 heteroatoms. The molecule has 4 heterocycles. The molecule has 0 aromatic carbocycles. The van der Waals surface area contributed by atoms with Gasteiger partial charge in [-0.2, -0.15) is 4.68 Å². The van der Waals surface area contributed by atoms with Gasteiger partial charge in [-0.3, -0.25) is 14.5 Å². The van der Waals surface area contributed by atoms with Gasteiger partial charge in [0.1, 0.15) is 17.8 Å². The Kier molecular flexibility index (Phi) is 3.64. The average Bonchev–Trinajstić information content (AvgIpc) is 3.24. The van der Waals surface area contributed by atoms with Crippen LogP contribution in [-0.4, -0.2) is 42.4 Å². The number of aromatic amines is 1. The average molecular weight is 325 g/mol. The van der Waals surface area contributed by atoms with Crippen molar-refractivity contribution in [3.05, 3.63) is 47.7 Å². The van der Waals surface area contributed by atoms with Crippen molar-refractivity contribution in [1.29, 1.82) is 0 Å². The van der Waals surface area contributed by atoms with Crippen molar-refractivity contribution in [2.75, 3.05) is 18.0 Å². The minimum atomic E-state index is -0.176. The number of rotatable bonds is 3. The van der Waals surface area contributed by atoms with Gasteiger partial charge in [0, 0.05) is 37.7 Å². The highest BCUT2D eigenvalue weighted by Gasteiger charge is 2.19. The molecule has 0 spiro atoms. The number of nitrogens with zero attached hydrogens (tertiary/aromatic N) is 6. The zero-order valence-electron chi connectivity index (χ0n) is 13.5. The zero-order valence-corrected chi connectivity index (χ0v) is 13.5. The minimum Gasteiger partial charge on any atom is -0.356 e. The molecule has 3 aromatic heterocycles. The van der Waals surface area contributed by atoms with E-state index >= 15 is 0 Å². The molecule has 1 fully saturated rings. The fraction of sp³-hybridized carbons (Fsp3) is 0.375. The summed E-state index contributed by atoms with van der Waals surface area (Å²) in [5.74, 6) is 2.05. The van der Waals surface area contributed by atoms with E-state index in [1.807, 2.05) is 6.07 Å². The van der Waals surface area contributed by atoms with Crippen molar-refractivity contribution < 1.29 is 0 Å². The summed E-state index contributed by atoms with van der Waals surface area (Å²) < 4.78 is 3.09. The zero-order chi connectivity index (χ0) is 16.5. The Bertz CT molecular complexity index is 880. The maximum Gasteiger partial charge on any atom is 0.296 e. The van der Waals surface area contributed by atoms with E-state index in [1.165, 1.54) is 17.4 Å². The van der Waals surface area contributed by atoms with Crippen molar-refractivity contribution in [1.82, 2.24) is 29.3 Å². The summed E-state index contributed by atoms with van der Waals surface area (Å²) in [6.45, 7) is 4.22. The van der Waals surface area contributed by atoms with Gasteiger partial charge < -0.3 is 4.90 Å². The normalized spacial score (nSPS) is 18.0. The minimum absolute atomic E-state index is 0.176. The van der Waals surface area contributed by atoms with Crippen LogP contribution in [0, 0.1) is 5.92 Å². The van der Waals surface area contributed by atoms with E-state index in [0.717, 1.165) is 25.3 Å². The van der Waals surface area contributed by atoms with Gasteiger partial charge in [0.2, 0.25) is 0 Å². The summed E-state index contributed by atoms with van der Waals surface area (Å²) in [4.78, 5) is 27.5. The second kappa shape index (κ2) is 5.95. The van der Waals surface area contributed by atoms with Gasteiger partial charge in [-0.1, -0.05) is 6.92 Å². The third kappa shape index (κ3) is 2.60. The van der Waals surface area contributed by atoms with Crippen LogP contribution in [0.4, 0.5) is 5.82 Å². The van der Waals surface area contributed by atoms with Crippen molar-refractivity contribution >= 4 is 5.82 Å². The molecule has 1 unspecified atom stereocenters. The summed E-state index contributed by atoms with van der Waals surface area (Å²) in [7, 11) is 0. The van der Waals surface area contributed by atoms with Crippen LogP contribution in [0.25, 0.3) is 11.5 Å². The van der Waals surface area contributed by atoms with Gasteiger partial charge >= 0.3 is 0 Å². The predicted molar refractivity (Wildman–Crippen MR) is 89.7 cm³/mol. The van der Waals surface area contributed by atoms with E-state index in [2.05, 4.69) is 31.9 Å². The highest BCUT2D eigenvalue weighted by molar-refractivity contribution is 5.44. The first-order chi connectivity index (χ1) is 11.7. The lowest BCUT2D eigenvalue weighted by Crippen LogP contribution is -2.35. The van der Waals surface area contributed by atoms with Crippen molar-refractivity contribution in [3.8, 4) is 11.5 Å². The monoisotopic (exact) mass is 325 g/mol. The van der Waals surface area contributed by atoms with Crippen molar-refractivity contribution in [2.45, 2.75) is 19.8 Å². The quantitative estimate of drug-likeness (QED) is 0.786. The van der Waals surface area contributed by atoms with Crippen LogP contribution in [0.2, 0.25) is 0 Å². The molecule has 0 saturated carbocycles. The van der Waals surface area contributed by atoms with E-state index in [9.17, 15) is 4.79 Å². The molecule has 1 aliphatic heterocycles. The molecule has 24 heavy (non-hydrogen) atoms. The van der Waals surface area contributed by atoms with Crippen LogP contribution in [-0.2, 0) is 0 Å². The molecule has 124 valence electrons. The van der Waals surface area contributed by atoms with E-state index in [1.54, 1.807) is 29.5 Å². The maximum absolute atomic E-state index is 12.6. The first-order valence-corrected chi connectivity index (χ1v) is 8.08. The smallest absolute Gasteiger partial charge is 0.296 e. The molecule has 8 nitrogen and oxygen atoms in total. The number of hydrogen-bond donors (Lipinski definition) is 1.